The number of carbonyl (C=O) groups is 1. The molecular weight excluding hydrogens is 248 g/mol. The largest absolute Gasteiger partial charge is 0.368 e. The Balaban J connectivity index is 2.48. The highest BCUT2D eigenvalue weighted by Gasteiger charge is 2.34. The smallest absolute Gasteiger partial charge is 0.242 e. The van der Waals surface area contributed by atoms with E-state index in [4.69, 9.17) is 5.73 Å². The third-order valence-electron chi connectivity index (χ3n) is 3.97. The first-order valence-corrected chi connectivity index (χ1v) is 7.04. The number of hydrogen-bond donors (Lipinski definition) is 2. The van der Waals surface area contributed by atoms with Crippen LogP contribution in [0.25, 0.3) is 10.8 Å². The molecule has 3 heteroatoms. The van der Waals surface area contributed by atoms with Crippen molar-refractivity contribution < 1.29 is 4.79 Å². The fraction of sp³-hybridized carbons (Fsp3) is 0.353. The normalized spacial score (nSPS) is 15.8. The highest BCUT2D eigenvalue weighted by Crippen LogP contribution is 2.25. The van der Waals surface area contributed by atoms with Crippen molar-refractivity contribution in [1.82, 2.24) is 5.32 Å². The van der Waals surface area contributed by atoms with E-state index in [2.05, 4.69) is 25.2 Å². The van der Waals surface area contributed by atoms with Gasteiger partial charge in [-0.25, -0.2) is 0 Å². The highest BCUT2D eigenvalue weighted by molar-refractivity contribution is 5.89. The van der Waals surface area contributed by atoms with Crippen LogP contribution in [-0.4, -0.2) is 11.9 Å². The van der Waals surface area contributed by atoms with Gasteiger partial charge in [0.05, 0.1) is 0 Å². The summed E-state index contributed by atoms with van der Waals surface area (Å²) in [6, 6.07) is 14.4. The van der Waals surface area contributed by atoms with Crippen LogP contribution in [0.2, 0.25) is 0 Å². The van der Waals surface area contributed by atoms with Gasteiger partial charge in [-0.05, 0) is 42.7 Å². The van der Waals surface area contributed by atoms with Gasteiger partial charge in [-0.15, -0.1) is 0 Å². The third kappa shape index (κ3) is 2.68. The molecule has 20 heavy (non-hydrogen) atoms. The molecule has 2 rings (SSSR count). The van der Waals surface area contributed by atoms with Crippen LogP contribution in [-0.2, 0) is 10.3 Å². The maximum atomic E-state index is 12.0. The Morgan fingerprint density at radius 3 is 2.50 bits per heavy atom. The zero-order valence-electron chi connectivity index (χ0n) is 12.3. The maximum Gasteiger partial charge on any atom is 0.242 e. The number of benzene rings is 2. The quantitative estimate of drug-likeness (QED) is 0.877. The van der Waals surface area contributed by atoms with E-state index in [1.165, 1.54) is 0 Å². The van der Waals surface area contributed by atoms with Gasteiger partial charge in [0.25, 0.3) is 0 Å². The van der Waals surface area contributed by atoms with Crippen molar-refractivity contribution in [2.24, 2.45) is 5.73 Å². The first-order chi connectivity index (χ1) is 9.47. The van der Waals surface area contributed by atoms with E-state index in [1.54, 1.807) is 0 Å². The van der Waals surface area contributed by atoms with Crippen molar-refractivity contribution >= 4 is 16.7 Å². The topological polar surface area (TPSA) is 55.1 Å². The number of nitrogens with one attached hydrogen (secondary N) is 1. The van der Waals surface area contributed by atoms with Crippen molar-refractivity contribution in [2.45, 2.75) is 38.8 Å². The summed E-state index contributed by atoms with van der Waals surface area (Å²) in [7, 11) is 0. The molecule has 0 spiro atoms. The van der Waals surface area contributed by atoms with E-state index in [1.807, 2.05) is 43.3 Å². The lowest BCUT2D eigenvalue weighted by atomic mass is 9.88. The second kappa shape index (κ2) is 5.63. The lowest BCUT2D eigenvalue weighted by Crippen LogP contribution is -2.53. The molecule has 2 aromatic rings. The maximum absolute atomic E-state index is 12.0. The molecule has 0 radical (unpaired) electrons. The second-order valence-corrected chi connectivity index (χ2v) is 5.50. The van der Waals surface area contributed by atoms with Gasteiger partial charge in [0, 0.05) is 6.04 Å². The molecule has 0 fully saturated rings. The predicted octanol–water partition coefficient (Wildman–Crippen LogP) is 2.93. The first-order valence-electron chi connectivity index (χ1n) is 7.04. The van der Waals surface area contributed by atoms with Crippen LogP contribution in [0.4, 0.5) is 0 Å². The summed E-state index contributed by atoms with van der Waals surface area (Å²) in [5.41, 5.74) is 5.71. The van der Waals surface area contributed by atoms with E-state index < -0.39 is 5.54 Å². The summed E-state index contributed by atoms with van der Waals surface area (Å²) in [4.78, 5) is 12.0. The molecule has 0 saturated heterocycles. The number of fused-ring (bicyclic) bond motifs is 1. The van der Waals surface area contributed by atoms with Gasteiger partial charge in [0.1, 0.15) is 5.54 Å². The number of nitrogens with two attached hydrogens (primary N) is 1. The molecular formula is C17H22N2O. The average molecular weight is 270 g/mol. The zero-order chi connectivity index (χ0) is 14.8. The second-order valence-electron chi connectivity index (χ2n) is 5.50. The molecule has 2 unspecified atom stereocenters. The third-order valence-corrected chi connectivity index (χ3v) is 3.97. The van der Waals surface area contributed by atoms with Crippen molar-refractivity contribution in [1.29, 1.82) is 0 Å². The molecule has 2 atom stereocenters. The van der Waals surface area contributed by atoms with Crippen molar-refractivity contribution in [2.75, 3.05) is 0 Å². The zero-order valence-corrected chi connectivity index (χ0v) is 12.3. The van der Waals surface area contributed by atoms with E-state index in [0.29, 0.717) is 0 Å². The molecule has 0 heterocycles. The number of amides is 1. The summed E-state index contributed by atoms with van der Waals surface area (Å²) >= 11 is 0. The Kier molecular flexibility index (Phi) is 4.09. The Bertz CT molecular complexity index is 623. The number of hydrogen-bond acceptors (Lipinski definition) is 2. The lowest BCUT2D eigenvalue weighted by Gasteiger charge is -2.31. The molecule has 0 aliphatic heterocycles. The van der Waals surface area contributed by atoms with E-state index in [-0.39, 0.29) is 11.9 Å². The molecule has 0 aliphatic carbocycles. The fourth-order valence-corrected chi connectivity index (χ4v) is 2.39. The van der Waals surface area contributed by atoms with E-state index in [0.717, 1.165) is 22.8 Å². The molecule has 3 nitrogen and oxygen atoms in total. The lowest BCUT2D eigenvalue weighted by molar-refractivity contribution is -0.124. The van der Waals surface area contributed by atoms with Gasteiger partial charge in [0.15, 0.2) is 0 Å². The average Bonchev–Trinajstić information content (AvgIpc) is 2.46. The van der Waals surface area contributed by atoms with Gasteiger partial charge < -0.3 is 5.73 Å². The van der Waals surface area contributed by atoms with Gasteiger partial charge in [0.2, 0.25) is 5.91 Å². The Morgan fingerprint density at radius 1 is 1.25 bits per heavy atom. The number of carbonyl (C=O) groups excluding carboxylic acids is 1. The Hall–Kier alpha value is -1.87. The molecule has 0 aromatic heterocycles. The van der Waals surface area contributed by atoms with Gasteiger partial charge in [-0.3, -0.25) is 10.1 Å². The minimum Gasteiger partial charge on any atom is -0.368 e. The summed E-state index contributed by atoms with van der Waals surface area (Å²) in [5.74, 6) is -0.354. The number of rotatable bonds is 5. The standard InChI is InChI=1S/C17H22N2O/c1-4-12(2)19-17(3,16(18)20)15-10-9-13-7-5-6-8-14(13)11-15/h5-12,19H,4H2,1-3H3,(H2,18,20). The monoisotopic (exact) mass is 270 g/mol. The van der Waals surface area contributed by atoms with Crippen LogP contribution < -0.4 is 11.1 Å². The Labute approximate surface area is 120 Å². The van der Waals surface area contributed by atoms with E-state index >= 15 is 0 Å². The molecule has 106 valence electrons. The molecule has 2 aromatic carbocycles. The minimum absolute atomic E-state index is 0.221. The molecule has 1 amide bonds. The van der Waals surface area contributed by atoms with Crippen LogP contribution in [0.15, 0.2) is 42.5 Å². The van der Waals surface area contributed by atoms with Gasteiger partial charge in [-0.2, -0.15) is 0 Å². The molecule has 0 saturated carbocycles. The number of primary amides is 1. The van der Waals surface area contributed by atoms with Crippen molar-refractivity contribution in [3.8, 4) is 0 Å². The fourth-order valence-electron chi connectivity index (χ4n) is 2.39. The van der Waals surface area contributed by atoms with Crippen LogP contribution in [0.3, 0.4) is 0 Å². The SMILES string of the molecule is CCC(C)NC(C)(C(N)=O)c1ccc2ccccc2c1. The molecule has 0 aliphatic rings. The predicted molar refractivity (Wildman–Crippen MR) is 83.4 cm³/mol. The van der Waals surface area contributed by atoms with E-state index in [9.17, 15) is 4.79 Å². The highest BCUT2D eigenvalue weighted by atomic mass is 16.1. The summed E-state index contributed by atoms with van der Waals surface area (Å²) < 4.78 is 0. The summed E-state index contributed by atoms with van der Waals surface area (Å²) in [5, 5.41) is 5.62. The Morgan fingerprint density at radius 2 is 1.90 bits per heavy atom. The molecule has 3 N–H and O–H groups in total. The van der Waals surface area contributed by atoms with Crippen LogP contribution in [0.5, 0.6) is 0 Å². The molecule has 0 bridgehead atoms. The summed E-state index contributed by atoms with van der Waals surface area (Å²) in [6.07, 6.45) is 0.941. The van der Waals surface area contributed by atoms with Gasteiger partial charge >= 0.3 is 0 Å². The first kappa shape index (κ1) is 14.5. The van der Waals surface area contributed by atoms with Crippen LogP contribution in [0.1, 0.15) is 32.8 Å². The van der Waals surface area contributed by atoms with Crippen molar-refractivity contribution in [3.05, 3.63) is 48.0 Å². The van der Waals surface area contributed by atoms with Gasteiger partial charge in [-0.1, -0.05) is 43.3 Å². The van der Waals surface area contributed by atoms with Crippen LogP contribution >= 0.6 is 0 Å². The van der Waals surface area contributed by atoms with Crippen molar-refractivity contribution in [3.63, 3.8) is 0 Å². The summed E-state index contributed by atoms with van der Waals surface area (Å²) in [6.45, 7) is 5.99. The van der Waals surface area contributed by atoms with Crippen LogP contribution in [0, 0.1) is 0 Å². The minimum atomic E-state index is -0.848.